The Bertz CT molecular complexity index is 1050. The fraction of sp³-hybridized carbons (Fsp3) is 0.333. The Morgan fingerprint density at radius 1 is 1.21 bits per heavy atom. The zero-order valence-corrected chi connectivity index (χ0v) is 17.5. The number of likely N-dealkylation sites (tertiary alicyclic amines) is 1. The number of nitrogens with one attached hydrogen (secondary N) is 1. The molecule has 7 heteroatoms. The maximum Gasteiger partial charge on any atom is 0.274 e. The number of nitrogens with zero attached hydrogens (tertiary/aromatic N) is 3. The minimum absolute atomic E-state index is 0.110. The van der Waals surface area contributed by atoms with Gasteiger partial charge in [0, 0.05) is 25.3 Å². The van der Waals surface area contributed by atoms with E-state index >= 15 is 0 Å². The lowest BCUT2D eigenvalue weighted by molar-refractivity contribution is 0.235. The van der Waals surface area contributed by atoms with Gasteiger partial charge >= 0.3 is 0 Å². The fourth-order valence-corrected chi connectivity index (χ4v) is 4.31. The molecule has 1 aromatic carbocycles. The van der Waals surface area contributed by atoms with Crippen molar-refractivity contribution in [1.29, 1.82) is 0 Å². The molecule has 0 bridgehead atoms. The van der Waals surface area contributed by atoms with E-state index in [1.807, 2.05) is 30.3 Å². The van der Waals surface area contributed by atoms with Crippen LogP contribution in [0, 0.1) is 0 Å². The molecule has 6 nitrogen and oxygen atoms in total. The van der Waals surface area contributed by atoms with Gasteiger partial charge in [0.2, 0.25) is 0 Å². The minimum Gasteiger partial charge on any atom is -0.497 e. The molecule has 2 unspecified atom stereocenters. The van der Waals surface area contributed by atoms with E-state index in [-0.39, 0.29) is 11.6 Å². The van der Waals surface area contributed by atoms with Gasteiger partial charge in [0.15, 0.2) is 0 Å². The first-order valence-electron chi connectivity index (χ1n) is 9.31. The van der Waals surface area contributed by atoms with Crippen LogP contribution in [0.15, 0.2) is 57.9 Å². The van der Waals surface area contributed by atoms with Crippen LogP contribution in [0.5, 0.6) is 5.75 Å². The highest BCUT2D eigenvalue weighted by Crippen LogP contribution is 2.30. The van der Waals surface area contributed by atoms with E-state index in [1.54, 1.807) is 17.7 Å². The van der Waals surface area contributed by atoms with Crippen LogP contribution in [0.1, 0.15) is 17.9 Å². The standard InChI is InChI=1S/C21H23BrN4O2/c1-25-12-15(14-6-5-7-17(11-14)28-2)10-16(13-25)23-20-19(22)21(27)26-9-4-3-8-18(26)24-20/h3-9,11,15-16,23H,10,12-13H2,1-2H3. The highest BCUT2D eigenvalue weighted by Gasteiger charge is 2.27. The first kappa shape index (κ1) is 19.0. The number of pyridine rings is 1. The molecule has 0 saturated carbocycles. The molecule has 28 heavy (non-hydrogen) atoms. The molecule has 1 N–H and O–H groups in total. The molecule has 146 valence electrons. The van der Waals surface area contributed by atoms with E-state index in [2.05, 4.69) is 50.3 Å². The number of benzene rings is 1. The first-order valence-corrected chi connectivity index (χ1v) is 10.1. The zero-order chi connectivity index (χ0) is 19.7. The summed E-state index contributed by atoms with van der Waals surface area (Å²) in [4.78, 5) is 19.6. The summed E-state index contributed by atoms with van der Waals surface area (Å²) in [5, 5.41) is 3.50. The van der Waals surface area contributed by atoms with Crippen molar-refractivity contribution >= 4 is 27.4 Å². The second-order valence-electron chi connectivity index (χ2n) is 7.28. The van der Waals surface area contributed by atoms with Crippen molar-refractivity contribution in [3.8, 4) is 5.75 Å². The number of rotatable bonds is 4. The largest absolute Gasteiger partial charge is 0.497 e. The van der Waals surface area contributed by atoms with Gasteiger partial charge in [0.05, 0.1) is 7.11 Å². The molecule has 0 aliphatic carbocycles. The zero-order valence-electron chi connectivity index (χ0n) is 15.9. The van der Waals surface area contributed by atoms with Crippen LogP contribution in [0.3, 0.4) is 0 Å². The second-order valence-corrected chi connectivity index (χ2v) is 8.07. The summed E-state index contributed by atoms with van der Waals surface area (Å²) in [6, 6.07) is 14.0. The quantitative estimate of drug-likeness (QED) is 0.670. The van der Waals surface area contributed by atoms with Crippen LogP contribution in [0.25, 0.3) is 5.65 Å². The summed E-state index contributed by atoms with van der Waals surface area (Å²) >= 11 is 3.43. The highest BCUT2D eigenvalue weighted by atomic mass is 79.9. The predicted molar refractivity (Wildman–Crippen MR) is 114 cm³/mol. The molecule has 0 amide bonds. The number of likely N-dealkylation sites (N-methyl/N-ethyl adjacent to an activating group) is 1. The molecule has 1 saturated heterocycles. The summed E-state index contributed by atoms with van der Waals surface area (Å²) < 4.78 is 7.39. The minimum atomic E-state index is -0.110. The van der Waals surface area contributed by atoms with Crippen LogP contribution in [0.2, 0.25) is 0 Å². The van der Waals surface area contributed by atoms with Crippen molar-refractivity contribution in [2.75, 3.05) is 32.6 Å². The van der Waals surface area contributed by atoms with Crippen molar-refractivity contribution < 1.29 is 4.74 Å². The average Bonchev–Trinajstić information content (AvgIpc) is 2.71. The van der Waals surface area contributed by atoms with Crippen LogP contribution in [-0.4, -0.2) is 47.6 Å². The molecule has 3 aromatic rings. The molecule has 2 atom stereocenters. The third kappa shape index (κ3) is 3.77. The Morgan fingerprint density at radius 2 is 2.07 bits per heavy atom. The molecule has 1 aliphatic heterocycles. The van der Waals surface area contributed by atoms with E-state index in [9.17, 15) is 4.79 Å². The Labute approximate surface area is 172 Å². The van der Waals surface area contributed by atoms with Gasteiger partial charge in [-0.2, -0.15) is 0 Å². The molecule has 1 fully saturated rings. The summed E-state index contributed by atoms with van der Waals surface area (Å²) in [6.45, 7) is 1.88. The summed E-state index contributed by atoms with van der Waals surface area (Å²) in [6.07, 6.45) is 2.69. The number of hydrogen-bond donors (Lipinski definition) is 1. The third-order valence-electron chi connectivity index (χ3n) is 5.22. The lowest BCUT2D eigenvalue weighted by Gasteiger charge is -2.36. The number of fused-ring (bicyclic) bond motifs is 1. The van der Waals surface area contributed by atoms with Crippen molar-refractivity contribution in [1.82, 2.24) is 14.3 Å². The number of halogens is 1. The summed E-state index contributed by atoms with van der Waals surface area (Å²) in [5.74, 6) is 1.86. The molecule has 2 aromatic heterocycles. The van der Waals surface area contributed by atoms with Crippen LogP contribution in [-0.2, 0) is 0 Å². The average molecular weight is 443 g/mol. The monoisotopic (exact) mass is 442 g/mol. The van der Waals surface area contributed by atoms with Gasteiger partial charge in [-0.15, -0.1) is 0 Å². The van der Waals surface area contributed by atoms with E-state index in [0.29, 0.717) is 21.9 Å². The number of methoxy groups -OCH3 is 1. The van der Waals surface area contributed by atoms with Crippen molar-refractivity contribution in [3.05, 3.63) is 69.1 Å². The Hall–Kier alpha value is -2.38. The van der Waals surface area contributed by atoms with Gasteiger partial charge in [-0.1, -0.05) is 18.2 Å². The highest BCUT2D eigenvalue weighted by molar-refractivity contribution is 9.10. The Morgan fingerprint density at radius 3 is 2.89 bits per heavy atom. The van der Waals surface area contributed by atoms with Crippen LogP contribution >= 0.6 is 15.9 Å². The number of piperidine rings is 1. The fourth-order valence-electron chi connectivity index (χ4n) is 3.92. The van der Waals surface area contributed by atoms with Gasteiger partial charge < -0.3 is 15.0 Å². The lowest BCUT2D eigenvalue weighted by atomic mass is 9.88. The molecular weight excluding hydrogens is 420 g/mol. The summed E-state index contributed by atoms with van der Waals surface area (Å²) in [5.41, 5.74) is 1.79. The van der Waals surface area contributed by atoms with E-state index in [4.69, 9.17) is 4.74 Å². The summed E-state index contributed by atoms with van der Waals surface area (Å²) in [7, 11) is 3.82. The van der Waals surface area contributed by atoms with Gasteiger partial charge in [-0.25, -0.2) is 4.98 Å². The maximum absolute atomic E-state index is 12.6. The first-order chi connectivity index (χ1) is 13.5. The van der Waals surface area contributed by atoms with Gasteiger partial charge in [0.25, 0.3) is 5.56 Å². The number of aromatic nitrogens is 2. The van der Waals surface area contributed by atoms with Gasteiger partial charge in [-0.3, -0.25) is 9.20 Å². The topological polar surface area (TPSA) is 58.9 Å². The van der Waals surface area contributed by atoms with E-state index in [0.717, 1.165) is 25.3 Å². The van der Waals surface area contributed by atoms with Gasteiger partial charge in [-0.05, 0) is 65.1 Å². The number of hydrogen-bond acceptors (Lipinski definition) is 5. The van der Waals surface area contributed by atoms with Crippen LogP contribution in [0.4, 0.5) is 5.82 Å². The van der Waals surface area contributed by atoms with Crippen LogP contribution < -0.4 is 15.6 Å². The van der Waals surface area contributed by atoms with Gasteiger partial charge in [0.1, 0.15) is 21.7 Å². The normalized spacial score (nSPS) is 20.2. The molecule has 4 rings (SSSR count). The lowest BCUT2D eigenvalue weighted by Crippen LogP contribution is -2.43. The van der Waals surface area contributed by atoms with Crippen molar-refractivity contribution in [2.24, 2.45) is 0 Å². The SMILES string of the molecule is COc1cccc(C2CC(Nc3nc4ccccn4c(=O)c3Br)CN(C)C2)c1. The second kappa shape index (κ2) is 7.93. The van der Waals surface area contributed by atoms with E-state index < -0.39 is 0 Å². The predicted octanol–water partition coefficient (Wildman–Crippen LogP) is 3.37. The third-order valence-corrected chi connectivity index (χ3v) is 5.93. The Balaban J connectivity index is 1.60. The van der Waals surface area contributed by atoms with E-state index in [1.165, 1.54) is 5.56 Å². The maximum atomic E-state index is 12.6. The smallest absolute Gasteiger partial charge is 0.274 e. The molecule has 0 radical (unpaired) electrons. The van der Waals surface area contributed by atoms with Crippen molar-refractivity contribution in [3.63, 3.8) is 0 Å². The Kier molecular flexibility index (Phi) is 5.37. The molecule has 3 heterocycles. The molecule has 1 aliphatic rings. The molecule has 0 spiro atoms. The van der Waals surface area contributed by atoms with Crippen molar-refractivity contribution in [2.45, 2.75) is 18.4 Å². The number of ether oxygens (including phenoxy) is 1. The number of anilines is 1. The molecular formula is C21H23BrN4O2.